The van der Waals surface area contributed by atoms with E-state index in [4.69, 9.17) is 5.73 Å². The summed E-state index contributed by atoms with van der Waals surface area (Å²) in [7, 11) is 0. The van der Waals surface area contributed by atoms with Crippen LogP contribution in [0.25, 0.3) is 11.4 Å². The predicted octanol–water partition coefficient (Wildman–Crippen LogP) is 2.98. The molecule has 0 saturated heterocycles. The van der Waals surface area contributed by atoms with Crippen molar-refractivity contribution < 1.29 is 9.59 Å². The summed E-state index contributed by atoms with van der Waals surface area (Å²) >= 11 is 0. The second kappa shape index (κ2) is 8.58. The van der Waals surface area contributed by atoms with Crippen LogP contribution in [-0.2, 0) is 4.79 Å². The number of nitrogens with two attached hydrogens (primary N) is 1. The van der Waals surface area contributed by atoms with Gasteiger partial charge in [0, 0.05) is 11.1 Å². The molecule has 8 nitrogen and oxygen atoms in total. The van der Waals surface area contributed by atoms with Gasteiger partial charge in [-0.25, -0.2) is 0 Å². The van der Waals surface area contributed by atoms with Gasteiger partial charge in [0.05, 0.1) is 5.69 Å². The number of tetrazole rings is 1. The van der Waals surface area contributed by atoms with E-state index in [1.165, 1.54) is 4.80 Å². The van der Waals surface area contributed by atoms with Gasteiger partial charge in [0.1, 0.15) is 0 Å². The van der Waals surface area contributed by atoms with E-state index < -0.39 is 11.9 Å². The molecule has 1 aromatic heterocycles. The fraction of sp³-hybridized carbons (Fsp3) is 0.0870. The molecule has 8 heteroatoms. The van der Waals surface area contributed by atoms with Gasteiger partial charge in [-0.1, -0.05) is 60.2 Å². The fourth-order valence-electron chi connectivity index (χ4n) is 3.17. The monoisotopic (exact) mass is 412 g/mol. The standard InChI is InChI=1S/C23H20N6O2/c1-15-11-13-16(14-12-15)20(21(24)30)29-27-22(26-28-29)18-9-5-6-10-19(18)25-23(31)17-7-3-2-4-8-17/h2-14,20H,1H3,(H2,24,30)(H,25,31). The highest BCUT2D eigenvalue weighted by molar-refractivity contribution is 6.06. The summed E-state index contributed by atoms with van der Waals surface area (Å²) in [5, 5.41) is 15.4. The molecule has 0 fully saturated rings. The van der Waals surface area contributed by atoms with Crippen LogP contribution in [0.3, 0.4) is 0 Å². The maximum absolute atomic E-state index is 12.6. The molecule has 4 aromatic rings. The van der Waals surface area contributed by atoms with Gasteiger partial charge in [0.15, 0.2) is 6.04 Å². The van der Waals surface area contributed by atoms with Gasteiger partial charge in [-0.3, -0.25) is 9.59 Å². The number of anilines is 1. The zero-order chi connectivity index (χ0) is 21.8. The summed E-state index contributed by atoms with van der Waals surface area (Å²) in [6.07, 6.45) is 0. The summed E-state index contributed by atoms with van der Waals surface area (Å²) in [4.78, 5) is 25.9. The molecule has 0 aliphatic rings. The van der Waals surface area contributed by atoms with E-state index in [9.17, 15) is 9.59 Å². The van der Waals surface area contributed by atoms with Crippen molar-refractivity contribution in [3.05, 3.63) is 95.6 Å². The quantitative estimate of drug-likeness (QED) is 0.505. The Hall–Kier alpha value is -4.33. The van der Waals surface area contributed by atoms with Crippen LogP contribution < -0.4 is 11.1 Å². The largest absolute Gasteiger partial charge is 0.367 e. The van der Waals surface area contributed by atoms with Crippen molar-refractivity contribution >= 4 is 17.5 Å². The minimum absolute atomic E-state index is 0.255. The Bertz CT molecular complexity index is 1220. The molecule has 0 aliphatic carbocycles. The van der Waals surface area contributed by atoms with Crippen molar-refractivity contribution in [2.45, 2.75) is 13.0 Å². The molecule has 0 spiro atoms. The number of carbonyl (C=O) groups excluding carboxylic acids is 2. The number of rotatable bonds is 6. The number of aromatic nitrogens is 4. The third-order valence-electron chi connectivity index (χ3n) is 4.77. The summed E-state index contributed by atoms with van der Waals surface area (Å²) < 4.78 is 0. The molecule has 4 rings (SSSR count). The van der Waals surface area contributed by atoms with Crippen LogP contribution >= 0.6 is 0 Å². The van der Waals surface area contributed by atoms with E-state index in [0.29, 0.717) is 22.4 Å². The number of amides is 2. The molecular formula is C23H20N6O2. The molecule has 2 amide bonds. The van der Waals surface area contributed by atoms with Crippen LogP contribution in [0.4, 0.5) is 5.69 Å². The van der Waals surface area contributed by atoms with Gasteiger partial charge in [0.2, 0.25) is 11.7 Å². The van der Waals surface area contributed by atoms with Crippen molar-refractivity contribution in [1.29, 1.82) is 0 Å². The van der Waals surface area contributed by atoms with Gasteiger partial charge < -0.3 is 11.1 Å². The minimum Gasteiger partial charge on any atom is -0.367 e. The molecule has 1 heterocycles. The maximum atomic E-state index is 12.6. The van der Waals surface area contributed by atoms with E-state index in [1.807, 2.05) is 37.3 Å². The molecule has 1 atom stereocenters. The lowest BCUT2D eigenvalue weighted by Crippen LogP contribution is -2.29. The first-order chi connectivity index (χ1) is 15.0. The van der Waals surface area contributed by atoms with Crippen molar-refractivity contribution in [1.82, 2.24) is 20.2 Å². The van der Waals surface area contributed by atoms with Crippen LogP contribution in [0.5, 0.6) is 0 Å². The Morgan fingerprint density at radius 1 is 0.935 bits per heavy atom. The molecule has 3 N–H and O–H groups in total. The van der Waals surface area contributed by atoms with Crippen molar-refractivity contribution in [2.75, 3.05) is 5.32 Å². The number of carbonyl (C=O) groups is 2. The smallest absolute Gasteiger partial charge is 0.255 e. The molecule has 0 bridgehead atoms. The second-order valence-corrected chi connectivity index (χ2v) is 7.01. The first-order valence-corrected chi connectivity index (χ1v) is 9.64. The molecule has 3 aromatic carbocycles. The fourth-order valence-corrected chi connectivity index (χ4v) is 3.17. The second-order valence-electron chi connectivity index (χ2n) is 7.01. The predicted molar refractivity (Wildman–Crippen MR) is 116 cm³/mol. The number of nitrogens with zero attached hydrogens (tertiary/aromatic N) is 4. The number of nitrogens with one attached hydrogen (secondary N) is 1. The molecule has 1 unspecified atom stereocenters. The zero-order valence-corrected chi connectivity index (χ0v) is 16.8. The lowest BCUT2D eigenvalue weighted by molar-refractivity contribution is -0.120. The van der Waals surface area contributed by atoms with Gasteiger partial charge in [0.25, 0.3) is 5.91 Å². The number of para-hydroxylation sites is 1. The summed E-state index contributed by atoms with van der Waals surface area (Å²) in [6, 6.07) is 22.5. The minimum atomic E-state index is -0.895. The third kappa shape index (κ3) is 4.32. The third-order valence-corrected chi connectivity index (χ3v) is 4.77. The Morgan fingerprint density at radius 3 is 2.32 bits per heavy atom. The molecular weight excluding hydrogens is 392 g/mol. The average molecular weight is 412 g/mol. The molecule has 0 saturated carbocycles. The van der Waals surface area contributed by atoms with Crippen molar-refractivity contribution in [3.8, 4) is 11.4 Å². The number of hydrogen-bond acceptors (Lipinski definition) is 5. The highest BCUT2D eigenvalue weighted by Gasteiger charge is 2.24. The van der Waals surface area contributed by atoms with Crippen LogP contribution in [0.15, 0.2) is 78.9 Å². The van der Waals surface area contributed by atoms with E-state index in [-0.39, 0.29) is 11.7 Å². The van der Waals surface area contributed by atoms with Crippen LogP contribution in [-0.4, -0.2) is 32.0 Å². The van der Waals surface area contributed by atoms with Crippen molar-refractivity contribution in [2.24, 2.45) is 5.73 Å². The van der Waals surface area contributed by atoms with Crippen molar-refractivity contribution in [3.63, 3.8) is 0 Å². The van der Waals surface area contributed by atoms with Crippen LogP contribution in [0.2, 0.25) is 0 Å². The Balaban J connectivity index is 1.65. The van der Waals surface area contributed by atoms with Gasteiger partial charge >= 0.3 is 0 Å². The normalized spacial score (nSPS) is 11.6. The van der Waals surface area contributed by atoms with E-state index in [2.05, 4.69) is 20.7 Å². The average Bonchev–Trinajstić information content (AvgIpc) is 3.25. The van der Waals surface area contributed by atoms with E-state index in [0.717, 1.165) is 5.56 Å². The molecule has 0 aliphatic heterocycles. The summed E-state index contributed by atoms with van der Waals surface area (Å²) in [5.74, 6) is -0.587. The Kier molecular flexibility index (Phi) is 5.53. The van der Waals surface area contributed by atoms with Crippen LogP contribution in [0, 0.1) is 6.92 Å². The highest BCUT2D eigenvalue weighted by atomic mass is 16.2. The summed E-state index contributed by atoms with van der Waals surface area (Å²) in [6.45, 7) is 1.95. The summed E-state index contributed by atoms with van der Waals surface area (Å²) in [5.41, 5.74) is 8.97. The lowest BCUT2D eigenvalue weighted by Gasteiger charge is -2.12. The first-order valence-electron chi connectivity index (χ1n) is 9.64. The number of aryl methyl sites for hydroxylation is 1. The topological polar surface area (TPSA) is 116 Å². The molecule has 154 valence electrons. The van der Waals surface area contributed by atoms with Gasteiger partial charge in [-0.15, -0.1) is 15.0 Å². The van der Waals surface area contributed by atoms with E-state index >= 15 is 0 Å². The number of hydrogen-bond donors (Lipinski definition) is 2. The number of benzene rings is 3. The number of primary amides is 1. The van der Waals surface area contributed by atoms with E-state index in [1.54, 1.807) is 48.5 Å². The zero-order valence-electron chi connectivity index (χ0n) is 16.8. The Morgan fingerprint density at radius 2 is 1.61 bits per heavy atom. The van der Waals surface area contributed by atoms with Gasteiger partial charge in [-0.05, 0) is 42.0 Å². The SMILES string of the molecule is Cc1ccc(C(C(N)=O)n2nnc(-c3ccccc3NC(=O)c3ccccc3)n2)cc1. The molecule has 0 radical (unpaired) electrons. The van der Waals surface area contributed by atoms with Crippen LogP contribution in [0.1, 0.15) is 27.5 Å². The first kappa shape index (κ1) is 20.0. The Labute approximate surface area is 178 Å². The molecule has 31 heavy (non-hydrogen) atoms. The lowest BCUT2D eigenvalue weighted by atomic mass is 10.1. The highest BCUT2D eigenvalue weighted by Crippen LogP contribution is 2.26. The maximum Gasteiger partial charge on any atom is 0.255 e. The van der Waals surface area contributed by atoms with Gasteiger partial charge in [-0.2, -0.15) is 0 Å².